The predicted octanol–water partition coefficient (Wildman–Crippen LogP) is 1.62. The van der Waals surface area contributed by atoms with Crippen molar-refractivity contribution in [3.63, 3.8) is 0 Å². The molecule has 0 bridgehead atoms. The van der Waals surface area contributed by atoms with Crippen LogP contribution in [0.2, 0.25) is 0 Å². The summed E-state index contributed by atoms with van der Waals surface area (Å²) in [5.74, 6) is -0.609. The largest absolute Gasteiger partial charge is 0.466 e. The van der Waals surface area contributed by atoms with Gasteiger partial charge < -0.3 is 9.72 Å². The van der Waals surface area contributed by atoms with Crippen LogP contribution < -0.4 is 5.69 Å². The molecule has 0 radical (unpaired) electrons. The topological polar surface area (TPSA) is 81.2 Å². The van der Waals surface area contributed by atoms with E-state index in [-0.39, 0.29) is 18.3 Å². The molecule has 0 aliphatic carbocycles. The van der Waals surface area contributed by atoms with Crippen molar-refractivity contribution in [2.75, 3.05) is 6.61 Å². The Hall–Kier alpha value is -1.37. The first-order valence-electron chi connectivity index (χ1n) is 6.08. The minimum absolute atomic E-state index is 0.268. The summed E-state index contributed by atoms with van der Waals surface area (Å²) < 4.78 is 5.83. The number of esters is 1. The number of hydrogen-bond donors (Lipinski definition) is 1. The predicted molar refractivity (Wildman–Crippen MR) is 73.6 cm³/mol. The molecule has 1 aromatic rings. The molecule has 0 fully saturated rings. The molecule has 0 amide bonds. The average Bonchev–Trinajstić information content (AvgIpc) is 2.67. The van der Waals surface area contributed by atoms with Gasteiger partial charge in [-0.2, -0.15) is 0 Å². The Labute approximate surface area is 119 Å². The fourth-order valence-electron chi connectivity index (χ4n) is 1.61. The van der Waals surface area contributed by atoms with Crippen molar-refractivity contribution in [1.82, 2.24) is 9.55 Å². The van der Waals surface area contributed by atoms with Gasteiger partial charge in [-0.15, -0.1) is 0 Å². The van der Waals surface area contributed by atoms with Crippen LogP contribution >= 0.6 is 15.9 Å². The van der Waals surface area contributed by atoms with Gasteiger partial charge in [0.25, 0.3) is 0 Å². The van der Waals surface area contributed by atoms with E-state index in [0.29, 0.717) is 25.1 Å². The van der Waals surface area contributed by atoms with Crippen LogP contribution in [-0.4, -0.2) is 32.9 Å². The molecule has 1 rings (SSSR count). The molecule has 0 saturated carbocycles. The number of rotatable bonds is 6. The Morgan fingerprint density at radius 3 is 2.74 bits per heavy atom. The van der Waals surface area contributed by atoms with Crippen LogP contribution in [0.15, 0.2) is 11.0 Å². The second kappa shape index (κ2) is 7.28. The third kappa shape index (κ3) is 4.66. The van der Waals surface area contributed by atoms with Crippen molar-refractivity contribution in [2.45, 2.75) is 37.9 Å². The number of aromatic amines is 1. The quantitative estimate of drug-likeness (QED) is 0.634. The molecule has 106 valence electrons. The van der Waals surface area contributed by atoms with Crippen LogP contribution in [0, 0.1) is 6.92 Å². The highest BCUT2D eigenvalue weighted by Crippen LogP contribution is 2.12. The molecule has 1 N–H and O–H groups in total. The third-order valence-electron chi connectivity index (χ3n) is 2.49. The van der Waals surface area contributed by atoms with E-state index in [2.05, 4.69) is 20.9 Å². The molecule has 0 aliphatic heterocycles. The Bertz CT molecular complexity index is 506. The molecule has 0 saturated heterocycles. The first kappa shape index (κ1) is 15.7. The second-order valence-electron chi connectivity index (χ2n) is 4.12. The lowest BCUT2D eigenvalue weighted by Gasteiger charge is -2.08. The maximum Gasteiger partial charge on any atom is 0.332 e. The Kier molecular flexibility index (Phi) is 6.01. The zero-order valence-corrected chi connectivity index (χ0v) is 12.5. The van der Waals surface area contributed by atoms with Crippen LogP contribution in [0.1, 0.15) is 36.7 Å². The van der Waals surface area contributed by atoms with Gasteiger partial charge in [-0.25, -0.2) is 9.36 Å². The van der Waals surface area contributed by atoms with Crippen LogP contribution in [-0.2, 0) is 9.53 Å². The number of ether oxygens (including phenoxy) is 1. The minimum Gasteiger partial charge on any atom is -0.466 e. The summed E-state index contributed by atoms with van der Waals surface area (Å²) in [7, 11) is 0. The molecule has 1 aromatic heterocycles. The Morgan fingerprint density at radius 1 is 1.53 bits per heavy atom. The van der Waals surface area contributed by atoms with E-state index in [9.17, 15) is 14.4 Å². The molecule has 0 spiro atoms. The molecule has 0 aromatic carbocycles. The van der Waals surface area contributed by atoms with Gasteiger partial charge in [-0.3, -0.25) is 9.59 Å². The SMILES string of the molecule is CCOC(=O)CCCC(Br)C(=O)n1cc(C)[nH]c1=O. The Balaban J connectivity index is 2.48. The lowest BCUT2D eigenvalue weighted by molar-refractivity contribution is -0.143. The van der Waals surface area contributed by atoms with Crippen molar-refractivity contribution in [2.24, 2.45) is 0 Å². The molecule has 7 heteroatoms. The number of imidazole rings is 1. The summed E-state index contributed by atoms with van der Waals surface area (Å²) in [5, 5.41) is 0. The van der Waals surface area contributed by atoms with E-state index < -0.39 is 10.5 Å². The summed E-state index contributed by atoms with van der Waals surface area (Å²) in [5.41, 5.74) is 0.182. The van der Waals surface area contributed by atoms with Crippen LogP contribution in [0.25, 0.3) is 0 Å². The molecule has 1 unspecified atom stereocenters. The van der Waals surface area contributed by atoms with Crippen LogP contribution in [0.5, 0.6) is 0 Å². The number of hydrogen-bond acceptors (Lipinski definition) is 4. The number of halogens is 1. The maximum atomic E-state index is 12.0. The van der Waals surface area contributed by atoms with Gasteiger partial charge in [0.2, 0.25) is 5.91 Å². The van der Waals surface area contributed by atoms with E-state index in [1.54, 1.807) is 13.8 Å². The van der Waals surface area contributed by atoms with Crippen molar-refractivity contribution in [3.8, 4) is 0 Å². The zero-order chi connectivity index (χ0) is 14.4. The van der Waals surface area contributed by atoms with Gasteiger partial charge in [0.15, 0.2) is 0 Å². The molecular formula is C12H17BrN2O4. The van der Waals surface area contributed by atoms with Crippen molar-refractivity contribution in [3.05, 3.63) is 22.4 Å². The van der Waals surface area contributed by atoms with Crippen LogP contribution in [0.3, 0.4) is 0 Å². The number of aromatic nitrogens is 2. The van der Waals surface area contributed by atoms with Crippen molar-refractivity contribution >= 4 is 27.8 Å². The number of alkyl halides is 1. The summed E-state index contributed by atoms with van der Waals surface area (Å²) >= 11 is 3.24. The van der Waals surface area contributed by atoms with E-state index in [1.807, 2.05) is 0 Å². The van der Waals surface area contributed by atoms with Gasteiger partial charge in [0.05, 0.1) is 11.4 Å². The summed E-state index contributed by atoms with van der Waals surface area (Å²) in [4.78, 5) is 36.6. The van der Waals surface area contributed by atoms with Gasteiger partial charge >= 0.3 is 11.7 Å². The fraction of sp³-hybridized carbons (Fsp3) is 0.583. The normalized spacial score (nSPS) is 12.2. The van der Waals surface area contributed by atoms with Gasteiger partial charge in [0, 0.05) is 18.3 Å². The smallest absolute Gasteiger partial charge is 0.332 e. The van der Waals surface area contributed by atoms with E-state index >= 15 is 0 Å². The average molecular weight is 333 g/mol. The molecular weight excluding hydrogens is 316 g/mol. The van der Waals surface area contributed by atoms with E-state index in [1.165, 1.54) is 6.20 Å². The molecule has 1 atom stereocenters. The standard InChI is InChI=1S/C12H17BrN2O4/c1-3-19-10(16)6-4-5-9(13)11(17)15-7-8(2)14-12(15)18/h7,9H,3-6H2,1-2H3,(H,14,18). The van der Waals surface area contributed by atoms with Gasteiger partial charge in [0.1, 0.15) is 0 Å². The summed E-state index contributed by atoms with van der Waals surface area (Å²) in [6.45, 7) is 3.80. The number of carbonyl (C=O) groups is 2. The zero-order valence-electron chi connectivity index (χ0n) is 10.9. The fourth-order valence-corrected chi connectivity index (χ4v) is 2.15. The van der Waals surface area contributed by atoms with Crippen LogP contribution in [0.4, 0.5) is 0 Å². The molecule has 1 heterocycles. The monoisotopic (exact) mass is 332 g/mol. The number of nitrogens with zero attached hydrogens (tertiary/aromatic N) is 1. The van der Waals surface area contributed by atoms with Crippen molar-refractivity contribution in [1.29, 1.82) is 0 Å². The highest BCUT2D eigenvalue weighted by atomic mass is 79.9. The highest BCUT2D eigenvalue weighted by Gasteiger charge is 2.19. The second-order valence-corrected chi connectivity index (χ2v) is 5.22. The molecule has 0 aliphatic rings. The first-order chi connectivity index (χ1) is 8.95. The maximum absolute atomic E-state index is 12.0. The van der Waals surface area contributed by atoms with Gasteiger partial charge in [-0.05, 0) is 26.7 Å². The molecule has 6 nitrogen and oxygen atoms in total. The van der Waals surface area contributed by atoms with Gasteiger partial charge in [-0.1, -0.05) is 15.9 Å². The number of nitrogens with one attached hydrogen (secondary N) is 1. The lowest BCUT2D eigenvalue weighted by atomic mass is 10.2. The first-order valence-corrected chi connectivity index (χ1v) is 6.99. The minimum atomic E-state index is -0.491. The van der Waals surface area contributed by atoms with E-state index in [4.69, 9.17) is 4.74 Å². The summed E-state index contributed by atoms with van der Waals surface area (Å²) in [6.07, 6.45) is 2.72. The molecule has 19 heavy (non-hydrogen) atoms. The van der Waals surface area contributed by atoms with Crippen molar-refractivity contribution < 1.29 is 14.3 Å². The number of H-pyrrole nitrogens is 1. The Morgan fingerprint density at radius 2 is 2.21 bits per heavy atom. The number of carbonyl (C=O) groups excluding carboxylic acids is 2. The highest BCUT2D eigenvalue weighted by molar-refractivity contribution is 9.10. The summed E-state index contributed by atoms with van der Waals surface area (Å²) in [6, 6.07) is 0. The lowest BCUT2D eigenvalue weighted by Crippen LogP contribution is -2.30. The number of aryl methyl sites for hydroxylation is 1. The third-order valence-corrected chi connectivity index (χ3v) is 3.34. The van der Waals surface area contributed by atoms with E-state index in [0.717, 1.165) is 4.57 Å².